The maximum absolute atomic E-state index is 11.9. The third-order valence-corrected chi connectivity index (χ3v) is 1.78. The Morgan fingerprint density at radius 3 is 1.14 bits per heavy atom. The zero-order chi connectivity index (χ0) is 17.3. The van der Waals surface area contributed by atoms with E-state index in [0.717, 1.165) is 0 Å². The second kappa shape index (κ2) is 6.06. The van der Waals surface area contributed by atoms with Crippen LogP contribution in [0, 0.1) is 5.92 Å². The lowest BCUT2D eigenvalue weighted by Gasteiger charge is -2.25. The quantitative estimate of drug-likeness (QED) is 0.431. The molecule has 0 aliphatic heterocycles. The Balaban J connectivity index is 4.84. The standard InChI is InChI=1S/C7H4F12O2/c8-4(9,10)2(5(11,12)13)1-20-21-3(6(14,15)16)7(17,18)19/h2-3H,1H2. The van der Waals surface area contributed by atoms with Crippen LogP contribution in [0.3, 0.4) is 0 Å². The van der Waals surface area contributed by atoms with Gasteiger partial charge in [-0.15, -0.1) is 0 Å². The van der Waals surface area contributed by atoms with E-state index in [4.69, 9.17) is 0 Å². The molecule has 0 heterocycles. The van der Waals surface area contributed by atoms with Crippen molar-refractivity contribution in [3.63, 3.8) is 0 Å². The molecule has 2 nitrogen and oxygen atoms in total. The van der Waals surface area contributed by atoms with Gasteiger partial charge < -0.3 is 0 Å². The summed E-state index contributed by atoms with van der Waals surface area (Å²) in [6.45, 7) is -2.62. The first-order valence-corrected chi connectivity index (χ1v) is 4.52. The minimum atomic E-state index is -6.13. The van der Waals surface area contributed by atoms with Gasteiger partial charge in [-0.2, -0.15) is 52.7 Å². The molecule has 0 amide bonds. The fourth-order valence-electron chi connectivity index (χ4n) is 0.845. The van der Waals surface area contributed by atoms with Crippen LogP contribution in [-0.4, -0.2) is 37.4 Å². The van der Waals surface area contributed by atoms with Gasteiger partial charge in [-0.05, 0) is 0 Å². The van der Waals surface area contributed by atoms with Crippen molar-refractivity contribution in [2.75, 3.05) is 6.61 Å². The summed E-state index contributed by atoms with van der Waals surface area (Å²) >= 11 is 0. The summed E-state index contributed by atoms with van der Waals surface area (Å²) in [7, 11) is 0. The van der Waals surface area contributed by atoms with Crippen LogP contribution >= 0.6 is 0 Å². The summed E-state index contributed by atoms with van der Waals surface area (Å²) in [5, 5.41) is 0. The molecule has 0 N–H and O–H groups in total. The summed E-state index contributed by atoms with van der Waals surface area (Å²) in [5.41, 5.74) is 0. The van der Waals surface area contributed by atoms with Gasteiger partial charge in [0.15, 0.2) is 5.92 Å². The molecule has 0 aliphatic rings. The monoisotopic (exact) mass is 348 g/mol. The van der Waals surface area contributed by atoms with Crippen molar-refractivity contribution in [1.82, 2.24) is 0 Å². The highest BCUT2D eigenvalue weighted by atomic mass is 19.4. The van der Waals surface area contributed by atoms with Gasteiger partial charge in [-0.25, -0.2) is 9.78 Å². The van der Waals surface area contributed by atoms with Gasteiger partial charge in [-0.3, -0.25) is 0 Å². The van der Waals surface area contributed by atoms with Crippen molar-refractivity contribution in [3.05, 3.63) is 0 Å². The Morgan fingerprint density at radius 2 is 0.905 bits per heavy atom. The molecule has 0 saturated carbocycles. The molecule has 21 heavy (non-hydrogen) atoms. The topological polar surface area (TPSA) is 18.5 Å². The van der Waals surface area contributed by atoms with Crippen molar-refractivity contribution in [2.45, 2.75) is 30.8 Å². The molecule has 0 aromatic carbocycles. The average molecular weight is 348 g/mol. The highest BCUT2D eigenvalue weighted by Gasteiger charge is 2.60. The van der Waals surface area contributed by atoms with Crippen molar-refractivity contribution < 1.29 is 62.5 Å². The highest BCUT2D eigenvalue weighted by molar-refractivity contribution is 4.76. The fourth-order valence-corrected chi connectivity index (χ4v) is 0.845. The summed E-state index contributed by atoms with van der Waals surface area (Å²) in [4.78, 5) is 5.53. The molecule has 0 radical (unpaired) electrons. The van der Waals surface area contributed by atoms with E-state index in [-0.39, 0.29) is 0 Å². The second-order valence-electron chi connectivity index (χ2n) is 3.48. The molecule has 0 aromatic heterocycles. The van der Waals surface area contributed by atoms with Crippen LogP contribution in [0.15, 0.2) is 0 Å². The van der Waals surface area contributed by atoms with Crippen molar-refractivity contribution in [1.29, 1.82) is 0 Å². The van der Waals surface area contributed by atoms with Crippen LogP contribution in [0.5, 0.6) is 0 Å². The Kier molecular flexibility index (Phi) is 5.79. The first-order chi connectivity index (χ1) is 8.97. The molecule has 0 rings (SSSR count). The number of hydrogen-bond acceptors (Lipinski definition) is 2. The van der Waals surface area contributed by atoms with Crippen LogP contribution in [0.2, 0.25) is 0 Å². The summed E-state index contributed by atoms with van der Waals surface area (Å²) in [6, 6.07) is 0. The van der Waals surface area contributed by atoms with E-state index in [0.29, 0.717) is 0 Å². The van der Waals surface area contributed by atoms with E-state index in [1.165, 1.54) is 0 Å². The highest BCUT2D eigenvalue weighted by Crippen LogP contribution is 2.40. The normalized spacial score (nSPS) is 15.1. The molecule has 0 saturated heterocycles. The molecule has 0 unspecified atom stereocenters. The third-order valence-electron chi connectivity index (χ3n) is 1.78. The zero-order valence-corrected chi connectivity index (χ0v) is 9.21. The lowest BCUT2D eigenvalue weighted by molar-refractivity contribution is -0.444. The molecule has 0 spiro atoms. The van der Waals surface area contributed by atoms with Crippen LogP contribution in [0.1, 0.15) is 0 Å². The first kappa shape index (κ1) is 20.1. The molecule has 14 heteroatoms. The summed E-state index contributed by atoms with van der Waals surface area (Å²) in [6.07, 6.45) is -28.9. The minimum absolute atomic E-state index is 2.62. The summed E-state index contributed by atoms with van der Waals surface area (Å²) in [5.74, 6) is -4.30. The lowest BCUT2D eigenvalue weighted by atomic mass is 10.1. The van der Waals surface area contributed by atoms with Gasteiger partial charge in [-0.1, -0.05) is 0 Å². The number of rotatable bonds is 4. The summed E-state index contributed by atoms with van der Waals surface area (Å²) < 4.78 is 142. The molecule has 0 atom stereocenters. The third kappa shape index (κ3) is 6.58. The number of alkyl halides is 12. The molecule has 0 bridgehead atoms. The van der Waals surface area contributed by atoms with Crippen LogP contribution in [0.4, 0.5) is 52.7 Å². The first-order valence-electron chi connectivity index (χ1n) is 4.52. The van der Waals surface area contributed by atoms with E-state index in [9.17, 15) is 52.7 Å². The van der Waals surface area contributed by atoms with Gasteiger partial charge in [0, 0.05) is 0 Å². The second-order valence-corrected chi connectivity index (χ2v) is 3.48. The van der Waals surface area contributed by atoms with Crippen LogP contribution in [0.25, 0.3) is 0 Å². The molecule has 0 aromatic rings. The van der Waals surface area contributed by atoms with Gasteiger partial charge >= 0.3 is 24.7 Å². The molecule has 0 fully saturated rings. The van der Waals surface area contributed by atoms with Crippen molar-refractivity contribution in [2.24, 2.45) is 5.92 Å². The fraction of sp³-hybridized carbons (Fsp3) is 1.00. The Labute approximate surface area is 107 Å². The molecule has 128 valence electrons. The van der Waals surface area contributed by atoms with Crippen molar-refractivity contribution >= 4 is 0 Å². The maximum Gasteiger partial charge on any atom is 0.426 e. The SMILES string of the molecule is FC(F)(F)C(COOC(C(F)(F)F)C(F)(F)F)C(F)(F)F. The average Bonchev–Trinajstić information content (AvgIpc) is 2.07. The Hall–Kier alpha value is -0.920. The zero-order valence-electron chi connectivity index (χ0n) is 9.21. The van der Waals surface area contributed by atoms with Gasteiger partial charge in [0.05, 0.1) is 0 Å². The smallest absolute Gasteiger partial charge is 0.235 e. The predicted octanol–water partition coefficient (Wildman–Crippen LogP) is 4.17. The minimum Gasteiger partial charge on any atom is -0.235 e. The molecular formula is C7H4F12O2. The van der Waals surface area contributed by atoms with E-state index in [1.807, 2.05) is 0 Å². The van der Waals surface area contributed by atoms with Gasteiger partial charge in [0.2, 0.25) is 0 Å². The van der Waals surface area contributed by atoms with E-state index >= 15 is 0 Å². The predicted molar refractivity (Wildman–Crippen MR) is 38.5 cm³/mol. The van der Waals surface area contributed by atoms with Crippen molar-refractivity contribution in [3.8, 4) is 0 Å². The number of halogens is 12. The van der Waals surface area contributed by atoms with E-state index in [2.05, 4.69) is 9.78 Å². The van der Waals surface area contributed by atoms with E-state index in [1.54, 1.807) is 0 Å². The lowest BCUT2D eigenvalue weighted by Crippen LogP contribution is -2.46. The Bertz CT molecular complexity index is 262. The number of hydrogen-bond donors (Lipinski definition) is 0. The van der Waals surface area contributed by atoms with E-state index < -0.39 is 43.3 Å². The largest absolute Gasteiger partial charge is 0.426 e. The van der Waals surface area contributed by atoms with Crippen LogP contribution in [-0.2, 0) is 9.78 Å². The molecular weight excluding hydrogens is 344 g/mol. The van der Waals surface area contributed by atoms with Gasteiger partial charge in [0.25, 0.3) is 6.10 Å². The van der Waals surface area contributed by atoms with Crippen LogP contribution < -0.4 is 0 Å². The molecule has 0 aliphatic carbocycles. The van der Waals surface area contributed by atoms with Gasteiger partial charge in [0.1, 0.15) is 6.61 Å². The Morgan fingerprint density at radius 1 is 0.571 bits per heavy atom. The maximum atomic E-state index is 11.9.